The lowest BCUT2D eigenvalue weighted by molar-refractivity contribution is 0.354. The molecule has 0 amide bonds. The first kappa shape index (κ1) is 13.7. The maximum absolute atomic E-state index is 6.16. The van der Waals surface area contributed by atoms with Crippen molar-refractivity contribution in [3.63, 3.8) is 0 Å². The fourth-order valence-electron chi connectivity index (χ4n) is 3.53. The van der Waals surface area contributed by atoms with Crippen molar-refractivity contribution in [2.24, 2.45) is 5.92 Å². The maximum atomic E-state index is 6.16. The van der Waals surface area contributed by atoms with Gasteiger partial charge in [0.25, 0.3) is 0 Å². The molecular formula is C18H25NO. The SMILES string of the molecule is CCNC(CC1CCCC1)c1cc2cccc(C)c2o1. The molecule has 1 aliphatic carbocycles. The van der Waals surface area contributed by atoms with Gasteiger partial charge >= 0.3 is 0 Å². The highest BCUT2D eigenvalue weighted by atomic mass is 16.3. The van der Waals surface area contributed by atoms with Crippen LogP contribution in [0, 0.1) is 12.8 Å². The van der Waals surface area contributed by atoms with Gasteiger partial charge < -0.3 is 9.73 Å². The second kappa shape index (κ2) is 6.01. The number of furan rings is 1. The van der Waals surface area contributed by atoms with Gasteiger partial charge in [-0.3, -0.25) is 0 Å². The minimum Gasteiger partial charge on any atom is -0.459 e. The fourth-order valence-corrected chi connectivity index (χ4v) is 3.53. The number of para-hydroxylation sites is 1. The molecule has 1 aromatic heterocycles. The van der Waals surface area contributed by atoms with Crippen LogP contribution in [0.3, 0.4) is 0 Å². The molecule has 0 spiro atoms. The number of rotatable bonds is 5. The third-order valence-corrected chi connectivity index (χ3v) is 4.60. The van der Waals surface area contributed by atoms with Crippen LogP contribution in [0.4, 0.5) is 0 Å². The summed E-state index contributed by atoms with van der Waals surface area (Å²) in [5.41, 5.74) is 2.28. The van der Waals surface area contributed by atoms with Crippen LogP contribution in [0.2, 0.25) is 0 Å². The van der Waals surface area contributed by atoms with Gasteiger partial charge in [-0.05, 0) is 37.4 Å². The second-order valence-electron chi connectivity index (χ2n) is 6.14. The van der Waals surface area contributed by atoms with E-state index < -0.39 is 0 Å². The minimum absolute atomic E-state index is 0.370. The van der Waals surface area contributed by atoms with Crippen LogP contribution in [-0.4, -0.2) is 6.54 Å². The lowest BCUT2D eigenvalue weighted by Gasteiger charge is -2.19. The lowest BCUT2D eigenvalue weighted by atomic mass is 9.97. The Morgan fingerprint density at radius 3 is 2.80 bits per heavy atom. The van der Waals surface area contributed by atoms with Gasteiger partial charge in [0.05, 0.1) is 6.04 Å². The van der Waals surface area contributed by atoms with Crippen LogP contribution in [-0.2, 0) is 0 Å². The molecule has 1 N–H and O–H groups in total. The van der Waals surface area contributed by atoms with E-state index in [1.165, 1.54) is 43.1 Å². The molecule has 1 fully saturated rings. The van der Waals surface area contributed by atoms with Gasteiger partial charge in [-0.25, -0.2) is 0 Å². The highest BCUT2D eigenvalue weighted by Gasteiger charge is 2.23. The van der Waals surface area contributed by atoms with E-state index in [1.807, 2.05) is 0 Å². The summed E-state index contributed by atoms with van der Waals surface area (Å²) in [6.45, 7) is 5.29. The van der Waals surface area contributed by atoms with Crippen molar-refractivity contribution in [2.75, 3.05) is 6.54 Å². The van der Waals surface area contributed by atoms with Gasteiger partial charge in [-0.2, -0.15) is 0 Å². The molecule has 2 heteroatoms. The van der Waals surface area contributed by atoms with E-state index >= 15 is 0 Å². The number of fused-ring (bicyclic) bond motifs is 1. The summed E-state index contributed by atoms with van der Waals surface area (Å²) >= 11 is 0. The van der Waals surface area contributed by atoms with Gasteiger partial charge in [0, 0.05) is 5.39 Å². The van der Waals surface area contributed by atoms with Crippen LogP contribution < -0.4 is 5.32 Å². The van der Waals surface area contributed by atoms with E-state index in [0.29, 0.717) is 6.04 Å². The van der Waals surface area contributed by atoms with Crippen molar-refractivity contribution in [2.45, 2.75) is 52.0 Å². The normalized spacial score (nSPS) is 17.9. The Bertz CT molecular complexity index is 566. The molecule has 1 heterocycles. The standard InChI is InChI=1S/C18H25NO/c1-3-19-16(11-14-8-4-5-9-14)17-12-15-10-6-7-13(2)18(15)20-17/h6-7,10,12,14,16,19H,3-5,8-9,11H2,1-2H3. The highest BCUT2D eigenvalue weighted by Crippen LogP contribution is 2.35. The van der Waals surface area contributed by atoms with Gasteiger partial charge in [-0.1, -0.05) is 50.8 Å². The zero-order valence-electron chi connectivity index (χ0n) is 12.6. The Labute approximate surface area is 121 Å². The zero-order chi connectivity index (χ0) is 13.9. The van der Waals surface area contributed by atoms with Gasteiger partial charge in [0.2, 0.25) is 0 Å². The summed E-state index contributed by atoms with van der Waals surface area (Å²) in [6, 6.07) is 8.97. The molecule has 1 atom stereocenters. The van der Waals surface area contributed by atoms with Crippen molar-refractivity contribution in [3.8, 4) is 0 Å². The van der Waals surface area contributed by atoms with Crippen molar-refractivity contribution in [1.29, 1.82) is 0 Å². The monoisotopic (exact) mass is 271 g/mol. The third-order valence-electron chi connectivity index (χ3n) is 4.60. The Balaban J connectivity index is 1.86. The van der Waals surface area contributed by atoms with E-state index in [4.69, 9.17) is 4.42 Å². The van der Waals surface area contributed by atoms with E-state index in [1.54, 1.807) is 0 Å². The van der Waals surface area contributed by atoms with E-state index in [2.05, 4.69) is 43.4 Å². The molecule has 108 valence electrons. The molecule has 1 unspecified atom stereocenters. The molecule has 1 aromatic carbocycles. The topological polar surface area (TPSA) is 25.2 Å². The predicted octanol–water partition coefficient (Wildman–Crippen LogP) is 4.97. The summed E-state index contributed by atoms with van der Waals surface area (Å²) < 4.78 is 6.16. The average molecular weight is 271 g/mol. The summed E-state index contributed by atoms with van der Waals surface area (Å²) in [7, 11) is 0. The molecular weight excluding hydrogens is 246 g/mol. The number of nitrogens with one attached hydrogen (secondary N) is 1. The Kier molecular flexibility index (Phi) is 4.11. The van der Waals surface area contributed by atoms with Crippen molar-refractivity contribution >= 4 is 11.0 Å². The summed E-state index contributed by atoms with van der Waals surface area (Å²) in [6.07, 6.45) is 6.81. The molecule has 1 saturated carbocycles. The molecule has 2 aromatic rings. The Morgan fingerprint density at radius 1 is 1.30 bits per heavy atom. The number of benzene rings is 1. The van der Waals surface area contributed by atoms with Gasteiger partial charge in [0.15, 0.2) is 0 Å². The summed E-state index contributed by atoms with van der Waals surface area (Å²) in [5.74, 6) is 1.98. The molecule has 0 bridgehead atoms. The smallest absolute Gasteiger partial charge is 0.137 e. The highest BCUT2D eigenvalue weighted by molar-refractivity contribution is 5.81. The van der Waals surface area contributed by atoms with Gasteiger partial charge in [0.1, 0.15) is 11.3 Å². The second-order valence-corrected chi connectivity index (χ2v) is 6.14. The fraction of sp³-hybridized carbons (Fsp3) is 0.556. The minimum atomic E-state index is 0.370. The van der Waals surface area contributed by atoms with Crippen LogP contribution in [0.5, 0.6) is 0 Å². The number of hydrogen-bond acceptors (Lipinski definition) is 2. The van der Waals surface area contributed by atoms with Crippen LogP contribution in [0.25, 0.3) is 11.0 Å². The third kappa shape index (κ3) is 2.76. The number of aryl methyl sites for hydroxylation is 1. The number of hydrogen-bond donors (Lipinski definition) is 1. The zero-order valence-corrected chi connectivity index (χ0v) is 12.6. The van der Waals surface area contributed by atoms with Crippen molar-refractivity contribution in [3.05, 3.63) is 35.6 Å². The van der Waals surface area contributed by atoms with Crippen molar-refractivity contribution in [1.82, 2.24) is 5.32 Å². The predicted molar refractivity (Wildman–Crippen MR) is 83.9 cm³/mol. The molecule has 20 heavy (non-hydrogen) atoms. The van der Waals surface area contributed by atoms with E-state index in [-0.39, 0.29) is 0 Å². The van der Waals surface area contributed by atoms with Crippen LogP contribution in [0.15, 0.2) is 28.7 Å². The first-order chi connectivity index (χ1) is 9.78. The molecule has 1 aliphatic rings. The Hall–Kier alpha value is -1.28. The molecule has 0 aliphatic heterocycles. The summed E-state index contributed by atoms with van der Waals surface area (Å²) in [4.78, 5) is 0. The van der Waals surface area contributed by atoms with Gasteiger partial charge in [-0.15, -0.1) is 0 Å². The quantitative estimate of drug-likeness (QED) is 0.830. The van der Waals surface area contributed by atoms with E-state index in [0.717, 1.165) is 23.8 Å². The first-order valence-corrected chi connectivity index (χ1v) is 8.00. The maximum Gasteiger partial charge on any atom is 0.137 e. The van der Waals surface area contributed by atoms with E-state index in [9.17, 15) is 0 Å². The largest absolute Gasteiger partial charge is 0.459 e. The molecule has 0 radical (unpaired) electrons. The summed E-state index contributed by atoms with van der Waals surface area (Å²) in [5, 5.41) is 4.84. The molecule has 3 rings (SSSR count). The first-order valence-electron chi connectivity index (χ1n) is 8.00. The van der Waals surface area contributed by atoms with Crippen LogP contribution >= 0.6 is 0 Å². The Morgan fingerprint density at radius 2 is 2.10 bits per heavy atom. The molecule has 0 saturated heterocycles. The van der Waals surface area contributed by atoms with Crippen molar-refractivity contribution < 1.29 is 4.42 Å². The average Bonchev–Trinajstić information content (AvgIpc) is 3.07. The molecule has 2 nitrogen and oxygen atoms in total. The van der Waals surface area contributed by atoms with Crippen LogP contribution in [0.1, 0.15) is 56.4 Å². The lowest BCUT2D eigenvalue weighted by Crippen LogP contribution is -2.22.